The van der Waals surface area contributed by atoms with Crippen LogP contribution in [-0.2, 0) is 14.3 Å². The molecule has 1 atom stereocenters. The van der Waals surface area contributed by atoms with Gasteiger partial charge < -0.3 is 25.3 Å². The van der Waals surface area contributed by atoms with Crippen molar-refractivity contribution in [3.63, 3.8) is 0 Å². The first-order valence-corrected chi connectivity index (χ1v) is 7.50. The number of hydrogen-bond donors (Lipinski definition) is 2. The molecular weight excluding hydrogens is 320 g/mol. The van der Waals surface area contributed by atoms with Crippen LogP contribution in [0.4, 0.5) is 5.69 Å². The van der Waals surface area contributed by atoms with Crippen molar-refractivity contribution in [2.45, 2.75) is 31.9 Å². The molecule has 1 aliphatic rings. The molecule has 6 nitrogen and oxygen atoms in total. The Labute approximate surface area is 143 Å². The van der Waals surface area contributed by atoms with Crippen LogP contribution in [0.2, 0.25) is 0 Å². The molecule has 0 radical (unpaired) electrons. The van der Waals surface area contributed by atoms with E-state index in [0.717, 1.165) is 37.4 Å². The van der Waals surface area contributed by atoms with Gasteiger partial charge in [-0.2, -0.15) is 0 Å². The summed E-state index contributed by atoms with van der Waals surface area (Å²) in [6.07, 6.45) is 2.01. The van der Waals surface area contributed by atoms with Gasteiger partial charge in [0.25, 0.3) is 0 Å². The van der Waals surface area contributed by atoms with Gasteiger partial charge in [0.15, 0.2) is 0 Å². The molecule has 0 spiro atoms. The third-order valence-electron chi connectivity index (χ3n) is 3.59. The largest absolute Gasteiger partial charge is 0.490 e. The fourth-order valence-corrected chi connectivity index (χ4v) is 2.32. The number of carbonyl (C=O) groups excluding carboxylic acids is 1. The number of carbonyl (C=O) groups is 1. The Bertz CT molecular complexity index is 507. The van der Waals surface area contributed by atoms with Crippen molar-refractivity contribution in [2.24, 2.45) is 5.73 Å². The van der Waals surface area contributed by atoms with Crippen molar-refractivity contribution in [1.29, 1.82) is 0 Å². The number of hydrogen-bond acceptors (Lipinski definition) is 5. The lowest BCUT2D eigenvalue weighted by Gasteiger charge is -2.24. The fraction of sp³-hybridized carbons (Fsp3) is 0.562. The second kappa shape index (κ2) is 9.72. The van der Waals surface area contributed by atoms with Crippen molar-refractivity contribution < 1.29 is 19.0 Å². The van der Waals surface area contributed by atoms with Gasteiger partial charge in [-0.3, -0.25) is 4.79 Å². The van der Waals surface area contributed by atoms with Gasteiger partial charge in [0, 0.05) is 25.6 Å². The lowest BCUT2D eigenvalue weighted by atomic mass is 10.1. The van der Waals surface area contributed by atoms with Crippen molar-refractivity contribution >= 4 is 24.0 Å². The van der Waals surface area contributed by atoms with Crippen molar-refractivity contribution in [3.8, 4) is 5.75 Å². The van der Waals surface area contributed by atoms with E-state index in [-0.39, 0.29) is 31.0 Å². The second-order valence-electron chi connectivity index (χ2n) is 5.46. The van der Waals surface area contributed by atoms with Crippen molar-refractivity contribution in [3.05, 3.63) is 23.8 Å². The molecule has 0 aliphatic carbocycles. The predicted octanol–water partition coefficient (Wildman–Crippen LogP) is 1.89. The van der Waals surface area contributed by atoms with E-state index < -0.39 is 6.04 Å². The van der Waals surface area contributed by atoms with Crippen molar-refractivity contribution in [2.75, 3.05) is 32.2 Å². The number of benzene rings is 1. The van der Waals surface area contributed by atoms with Gasteiger partial charge in [-0.1, -0.05) is 0 Å². The van der Waals surface area contributed by atoms with Crippen LogP contribution in [0.5, 0.6) is 5.75 Å². The highest BCUT2D eigenvalue weighted by molar-refractivity contribution is 5.94. The molecule has 130 valence electrons. The summed E-state index contributed by atoms with van der Waals surface area (Å²) in [5, 5.41) is 2.78. The van der Waals surface area contributed by atoms with Gasteiger partial charge in [-0.05, 0) is 30.7 Å². The van der Waals surface area contributed by atoms with Gasteiger partial charge in [0.1, 0.15) is 17.9 Å². The minimum atomic E-state index is -0.677. The van der Waals surface area contributed by atoms with Crippen LogP contribution in [0.25, 0.3) is 0 Å². The Hall–Kier alpha value is -1.34. The standard InChI is InChI=1S/C16H24N2O4.ClH/c1-11-9-12(18-16(19)14(17)10-20-2)3-4-15(11)22-13-5-7-21-8-6-13;/h3-4,9,13-14H,5-8,10,17H2,1-2H3,(H,18,19);1H. The summed E-state index contributed by atoms with van der Waals surface area (Å²) in [7, 11) is 1.51. The maximum Gasteiger partial charge on any atom is 0.243 e. The number of anilines is 1. The minimum absolute atomic E-state index is 0. The summed E-state index contributed by atoms with van der Waals surface area (Å²) in [6, 6.07) is 4.90. The lowest BCUT2D eigenvalue weighted by Crippen LogP contribution is -2.39. The first kappa shape index (κ1) is 19.7. The van der Waals surface area contributed by atoms with E-state index in [0.29, 0.717) is 5.69 Å². The van der Waals surface area contributed by atoms with E-state index in [1.54, 1.807) is 0 Å². The summed E-state index contributed by atoms with van der Waals surface area (Å²) < 4.78 is 16.2. The van der Waals surface area contributed by atoms with Gasteiger partial charge in [-0.25, -0.2) is 0 Å². The summed E-state index contributed by atoms with van der Waals surface area (Å²) in [5.74, 6) is 0.574. The molecule has 0 saturated carbocycles. The highest BCUT2D eigenvalue weighted by atomic mass is 35.5. The molecule has 23 heavy (non-hydrogen) atoms. The van der Waals surface area contributed by atoms with E-state index in [2.05, 4.69) is 5.32 Å². The number of ether oxygens (including phenoxy) is 3. The normalized spacial score (nSPS) is 16.3. The zero-order valence-corrected chi connectivity index (χ0v) is 14.4. The Morgan fingerprint density at radius 3 is 2.74 bits per heavy atom. The van der Waals surface area contributed by atoms with Crippen LogP contribution in [-0.4, -0.2) is 45.0 Å². The topological polar surface area (TPSA) is 82.8 Å². The van der Waals surface area contributed by atoms with E-state index in [1.165, 1.54) is 7.11 Å². The summed E-state index contributed by atoms with van der Waals surface area (Å²) >= 11 is 0. The first-order chi connectivity index (χ1) is 10.6. The molecule has 1 amide bonds. The number of rotatable bonds is 6. The van der Waals surface area contributed by atoms with Crippen LogP contribution in [0.15, 0.2) is 18.2 Å². The smallest absolute Gasteiger partial charge is 0.243 e. The molecule has 1 fully saturated rings. The van der Waals surface area contributed by atoms with Crippen molar-refractivity contribution in [1.82, 2.24) is 0 Å². The van der Waals surface area contributed by atoms with Crippen LogP contribution in [0.1, 0.15) is 18.4 Å². The average Bonchev–Trinajstić information content (AvgIpc) is 2.51. The molecule has 1 unspecified atom stereocenters. The van der Waals surface area contributed by atoms with Crippen LogP contribution in [0, 0.1) is 6.92 Å². The van der Waals surface area contributed by atoms with E-state index in [1.807, 2.05) is 25.1 Å². The lowest BCUT2D eigenvalue weighted by molar-refractivity contribution is -0.118. The number of aryl methyl sites for hydroxylation is 1. The molecule has 1 aromatic carbocycles. The summed E-state index contributed by atoms with van der Waals surface area (Å²) in [6.45, 7) is 3.64. The highest BCUT2D eigenvalue weighted by Gasteiger charge is 2.17. The minimum Gasteiger partial charge on any atom is -0.490 e. The molecule has 1 saturated heterocycles. The molecular formula is C16H25ClN2O4. The Morgan fingerprint density at radius 2 is 2.13 bits per heavy atom. The monoisotopic (exact) mass is 344 g/mol. The summed E-state index contributed by atoms with van der Waals surface area (Å²) in [5.41, 5.74) is 7.37. The van der Waals surface area contributed by atoms with Crippen LogP contribution < -0.4 is 15.8 Å². The average molecular weight is 345 g/mol. The third-order valence-corrected chi connectivity index (χ3v) is 3.59. The Kier molecular flexibility index (Phi) is 8.33. The zero-order valence-electron chi connectivity index (χ0n) is 13.5. The highest BCUT2D eigenvalue weighted by Crippen LogP contribution is 2.25. The maximum atomic E-state index is 11.9. The van der Waals surface area contributed by atoms with E-state index in [9.17, 15) is 4.79 Å². The number of amides is 1. The zero-order chi connectivity index (χ0) is 15.9. The number of nitrogens with two attached hydrogens (primary N) is 1. The molecule has 1 heterocycles. The molecule has 1 aromatic rings. The SMILES string of the molecule is COCC(N)C(=O)Nc1ccc(OC2CCOCC2)c(C)c1.Cl. The summed E-state index contributed by atoms with van der Waals surface area (Å²) in [4.78, 5) is 11.9. The molecule has 2 rings (SSSR count). The Balaban J connectivity index is 0.00000264. The molecule has 0 aromatic heterocycles. The van der Waals surface area contributed by atoms with E-state index >= 15 is 0 Å². The van der Waals surface area contributed by atoms with Gasteiger partial charge in [0.2, 0.25) is 5.91 Å². The number of halogens is 1. The Morgan fingerprint density at radius 1 is 1.43 bits per heavy atom. The second-order valence-corrected chi connectivity index (χ2v) is 5.46. The molecule has 7 heteroatoms. The van der Waals surface area contributed by atoms with Gasteiger partial charge in [0.05, 0.1) is 19.8 Å². The number of methoxy groups -OCH3 is 1. The molecule has 1 aliphatic heterocycles. The molecule has 0 bridgehead atoms. The van der Waals surface area contributed by atoms with E-state index in [4.69, 9.17) is 19.9 Å². The third kappa shape index (κ3) is 5.99. The van der Waals surface area contributed by atoms with Gasteiger partial charge >= 0.3 is 0 Å². The molecule has 3 N–H and O–H groups in total. The maximum absolute atomic E-state index is 11.9. The fourth-order valence-electron chi connectivity index (χ4n) is 2.32. The van der Waals surface area contributed by atoms with Crippen LogP contribution in [0.3, 0.4) is 0 Å². The number of nitrogens with one attached hydrogen (secondary N) is 1. The predicted molar refractivity (Wildman–Crippen MR) is 91.4 cm³/mol. The van der Waals surface area contributed by atoms with Gasteiger partial charge in [-0.15, -0.1) is 12.4 Å². The first-order valence-electron chi connectivity index (χ1n) is 7.50. The quantitative estimate of drug-likeness (QED) is 0.823. The van der Waals surface area contributed by atoms with Crippen LogP contribution >= 0.6 is 12.4 Å².